The van der Waals surface area contributed by atoms with Gasteiger partial charge < -0.3 is 10.4 Å². The molecule has 0 heterocycles. The van der Waals surface area contributed by atoms with Crippen LogP contribution >= 0.6 is 0 Å². The van der Waals surface area contributed by atoms with Gasteiger partial charge in [0.25, 0.3) is 15.9 Å². The zero-order valence-electron chi connectivity index (χ0n) is 14.0. The summed E-state index contributed by atoms with van der Waals surface area (Å²) in [6.45, 7) is 2.11. The highest BCUT2D eigenvalue weighted by Gasteiger charge is 2.15. The summed E-state index contributed by atoms with van der Waals surface area (Å²) >= 11 is 0. The molecule has 3 N–H and O–H groups in total. The molecule has 0 spiro atoms. The van der Waals surface area contributed by atoms with Crippen LogP contribution in [-0.2, 0) is 10.0 Å². The van der Waals surface area contributed by atoms with Crippen molar-refractivity contribution in [1.29, 1.82) is 0 Å². The van der Waals surface area contributed by atoms with E-state index in [2.05, 4.69) is 10.0 Å². The van der Waals surface area contributed by atoms with Crippen molar-refractivity contribution in [3.8, 4) is 0 Å². The van der Waals surface area contributed by atoms with E-state index in [9.17, 15) is 18.3 Å². The van der Waals surface area contributed by atoms with Crippen LogP contribution in [0.15, 0.2) is 59.5 Å². The number of nitrogens with one attached hydrogen (secondary N) is 2. The van der Waals surface area contributed by atoms with Gasteiger partial charge in [-0.15, -0.1) is 0 Å². The van der Waals surface area contributed by atoms with E-state index in [0.29, 0.717) is 17.7 Å². The van der Waals surface area contributed by atoms with Crippen LogP contribution in [0.3, 0.4) is 0 Å². The van der Waals surface area contributed by atoms with Gasteiger partial charge in [0.1, 0.15) is 0 Å². The summed E-state index contributed by atoms with van der Waals surface area (Å²) in [4.78, 5) is 12.3. The van der Waals surface area contributed by atoms with Crippen molar-refractivity contribution in [3.05, 3.63) is 60.2 Å². The van der Waals surface area contributed by atoms with Crippen LogP contribution in [-0.4, -0.2) is 32.1 Å². The number of aliphatic hydroxyl groups excluding tert-OH is 1. The molecule has 0 aliphatic carbocycles. The van der Waals surface area contributed by atoms with Gasteiger partial charge in [0.2, 0.25) is 0 Å². The molecule has 0 fully saturated rings. The number of hydrogen-bond donors (Lipinski definition) is 3. The predicted molar refractivity (Wildman–Crippen MR) is 96.9 cm³/mol. The molecular formula is C18H22N2O4S. The Morgan fingerprint density at radius 2 is 1.84 bits per heavy atom. The van der Waals surface area contributed by atoms with Gasteiger partial charge >= 0.3 is 0 Å². The maximum Gasteiger partial charge on any atom is 0.261 e. The lowest BCUT2D eigenvalue weighted by Crippen LogP contribution is -2.32. The molecule has 0 saturated heterocycles. The topological polar surface area (TPSA) is 95.5 Å². The molecule has 0 saturated carbocycles. The first-order valence-corrected chi connectivity index (χ1v) is 9.55. The summed E-state index contributed by atoms with van der Waals surface area (Å²) in [7, 11) is -3.71. The first kappa shape index (κ1) is 19.0. The van der Waals surface area contributed by atoms with Crippen molar-refractivity contribution in [3.63, 3.8) is 0 Å². The second kappa shape index (κ2) is 8.64. The number of hydrogen-bond acceptors (Lipinski definition) is 4. The molecule has 1 amide bonds. The van der Waals surface area contributed by atoms with Crippen LogP contribution in [0.4, 0.5) is 5.69 Å². The summed E-state index contributed by atoms with van der Waals surface area (Å²) in [5.41, 5.74) is 0.613. The van der Waals surface area contributed by atoms with Crippen molar-refractivity contribution >= 4 is 21.6 Å². The van der Waals surface area contributed by atoms with E-state index < -0.39 is 16.1 Å². The van der Waals surface area contributed by atoms with E-state index in [0.717, 1.165) is 6.42 Å². The van der Waals surface area contributed by atoms with Gasteiger partial charge in [0.05, 0.1) is 11.0 Å². The van der Waals surface area contributed by atoms with Gasteiger partial charge in [-0.1, -0.05) is 37.6 Å². The third-order valence-corrected chi connectivity index (χ3v) is 4.95. The molecular weight excluding hydrogens is 340 g/mol. The number of benzene rings is 2. The molecule has 0 radical (unpaired) electrons. The molecule has 2 aromatic carbocycles. The Labute approximate surface area is 147 Å². The van der Waals surface area contributed by atoms with Gasteiger partial charge in [-0.25, -0.2) is 8.42 Å². The molecule has 6 nitrogen and oxygen atoms in total. The quantitative estimate of drug-likeness (QED) is 0.672. The number of carbonyl (C=O) groups is 1. The van der Waals surface area contributed by atoms with E-state index in [1.54, 1.807) is 36.4 Å². The second-order valence-corrected chi connectivity index (χ2v) is 7.33. The third-order valence-electron chi connectivity index (χ3n) is 3.55. The smallest absolute Gasteiger partial charge is 0.261 e. The maximum absolute atomic E-state index is 12.3. The van der Waals surface area contributed by atoms with Crippen LogP contribution in [0.2, 0.25) is 0 Å². The average Bonchev–Trinajstić information content (AvgIpc) is 2.60. The number of sulfonamides is 1. The fraction of sp³-hybridized carbons (Fsp3) is 0.278. The summed E-state index contributed by atoms with van der Waals surface area (Å²) < 4.78 is 27.1. The molecule has 2 aromatic rings. The van der Waals surface area contributed by atoms with Crippen LogP contribution in [0.5, 0.6) is 0 Å². The van der Waals surface area contributed by atoms with Crippen molar-refractivity contribution in [2.45, 2.75) is 30.8 Å². The zero-order valence-corrected chi connectivity index (χ0v) is 14.8. The molecule has 134 valence electrons. The Bertz CT molecular complexity index is 807. The van der Waals surface area contributed by atoms with Crippen LogP contribution in [0.25, 0.3) is 0 Å². The van der Waals surface area contributed by atoms with Crippen molar-refractivity contribution in [2.75, 3.05) is 11.3 Å². The van der Waals surface area contributed by atoms with Crippen molar-refractivity contribution in [1.82, 2.24) is 5.32 Å². The maximum atomic E-state index is 12.3. The number of aliphatic hydroxyl groups is 1. The Morgan fingerprint density at radius 1 is 1.12 bits per heavy atom. The fourth-order valence-electron chi connectivity index (χ4n) is 2.29. The third kappa shape index (κ3) is 5.58. The first-order valence-electron chi connectivity index (χ1n) is 8.06. The number of anilines is 1. The average molecular weight is 362 g/mol. The number of rotatable bonds is 8. The van der Waals surface area contributed by atoms with Crippen LogP contribution in [0, 0.1) is 0 Å². The lowest BCUT2D eigenvalue weighted by atomic mass is 10.1. The highest BCUT2D eigenvalue weighted by Crippen LogP contribution is 2.17. The molecule has 2 rings (SSSR count). The number of carbonyl (C=O) groups excluding carboxylic acids is 1. The van der Waals surface area contributed by atoms with Gasteiger partial charge in [-0.2, -0.15) is 0 Å². The molecule has 0 aromatic heterocycles. The highest BCUT2D eigenvalue weighted by atomic mass is 32.2. The first-order chi connectivity index (χ1) is 11.9. The van der Waals surface area contributed by atoms with Crippen molar-refractivity contribution < 1.29 is 18.3 Å². The van der Waals surface area contributed by atoms with Gasteiger partial charge in [0.15, 0.2) is 0 Å². The van der Waals surface area contributed by atoms with Gasteiger partial charge in [0, 0.05) is 17.8 Å². The molecule has 0 aliphatic heterocycles. The van der Waals surface area contributed by atoms with Gasteiger partial charge in [-0.3, -0.25) is 9.52 Å². The second-order valence-electron chi connectivity index (χ2n) is 5.65. The van der Waals surface area contributed by atoms with Gasteiger partial charge in [-0.05, 0) is 36.8 Å². The van der Waals surface area contributed by atoms with E-state index in [-0.39, 0.29) is 17.3 Å². The minimum absolute atomic E-state index is 0.146. The molecule has 7 heteroatoms. The van der Waals surface area contributed by atoms with E-state index in [1.165, 1.54) is 18.2 Å². The predicted octanol–water partition coefficient (Wildman–Crippen LogP) is 2.38. The lowest BCUT2D eigenvalue weighted by Gasteiger charge is -2.12. The normalized spacial score (nSPS) is 12.4. The Hall–Kier alpha value is -2.38. The van der Waals surface area contributed by atoms with E-state index in [4.69, 9.17) is 0 Å². The summed E-state index contributed by atoms with van der Waals surface area (Å²) in [5.74, 6) is -0.365. The minimum atomic E-state index is -3.71. The largest absolute Gasteiger partial charge is 0.391 e. The Morgan fingerprint density at radius 3 is 2.52 bits per heavy atom. The molecule has 0 aliphatic rings. The van der Waals surface area contributed by atoms with Crippen LogP contribution in [0.1, 0.15) is 30.1 Å². The minimum Gasteiger partial charge on any atom is -0.391 e. The zero-order chi connectivity index (χ0) is 18.3. The summed E-state index contributed by atoms with van der Waals surface area (Å²) in [6, 6.07) is 14.2. The molecule has 25 heavy (non-hydrogen) atoms. The number of amides is 1. The molecule has 0 bridgehead atoms. The molecule has 1 atom stereocenters. The monoisotopic (exact) mass is 362 g/mol. The van der Waals surface area contributed by atoms with Crippen molar-refractivity contribution in [2.24, 2.45) is 0 Å². The lowest BCUT2D eigenvalue weighted by molar-refractivity contribution is 0.0910. The SMILES string of the molecule is CCC[C@@H](O)CNC(=O)c1cccc(NS(=O)(=O)c2ccccc2)c1. The Kier molecular flexibility index (Phi) is 6.55. The van der Waals surface area contributed by atoms with Crippen LogP contribution < -0.4 is 10.0 Å². The summed E-state index contributed by atoms with van der Waals surface area (Å²) in [6.07, 6.45) is 0.846. The standard InChI is InChI=1S/C18H22N2O4S/c1-2-7-16(21)13-19-18(22)14-8-6-9-15(12-14)20-25(23,24)17-10-4-3-5-11-17/h3-6,8-12,16,20-21H,2,7,13H2,1H3,(H,19,22)/t16-/m1/s1. The van der Waals surface area contributed by atoms with E-state index in [1.807, 2.05) is 6.92 Å². The Balaban J connectivity index is 2.07. The molecule has 0 unspecified atom stereocenters. The highest BCUT2D eigenvalue weighted by molar-refractivity contribution is 7.92. The fourth-order valence-corrected chi connectivity index (χ4v) is 3.36. The van der Waals surface area contributed by atoms with E-state index >= 15 is 0 Å². The summed E-state index contributed by atoms with van der Waals surface area (Å²) in [5, 5.41) is 12.3.